The topological polar surface area (TPSA) is 66.4 Å². The van der Waals surface area contributed by atoms with Gasteiger partial charge in [0.15, 0.2) is 6.04 Å². The number of hydrogen-bond donors (Lipinski definition) is 2. The van der Waals surface area contributed by atoms with Crippen molar-refractivity contribution < 1.29 is 14.7 Å². The molecule has 1 heterocycles. The predicted molar refractivity (Wildman–Crippen MR) is 66.9 cm³/mol. The van der Waals surface area contributed by atoms with Gasteiger partial charge in [-0.25, -0.2) is 4.79 Å². The number of carbonyl (C=O) groups excluding carboxylic acids is 1. The molecule has 0 bridgehead atoms. The molecule has 0 spiro atoms. The highest BCUT2D eigenvalue weighted by atomic mass is 32.1. The Kier molecular flexibility index (Phi) is 5.15. The molecule has 0 fully saturated rings. The van der Waals surface area contributed by atoms with Crippen molar-refractivity contribution in [3.8, 4) is 0 Å². The van der Waals surface area contributed by atoms with E-state index in [1.807, 2.05) is 13.8 Å². The molecule has 1 atom stereocenters. The van der Waals surface area contributed by atoms with E-state index in [1.165, 1.54) is 11.3 Å². The molecule has 1 rings (SSSR count). The van der Waals surface area contributed by atoms with Crippen molar-refractivity contribution in [2.75, 3.05) is 0 Å². The average Bonchev–Trinajstić information content (AvgIpc) is 2.80. The number of thiophene rings is 1. The third-order valence-electron chi connectivity index (χ3n) is 2.72. The quantitative estimate of drug-likeness (QED) is 0.820. The number of hydrogen-bond acceptors (Lipinski definition) is 3. The molecule has 2 N–H and O–H groups in total. The molecule has 0 radical (unpaired) electrons. The van der Waals surface area contributed by atoms with Gasteiger partial charge in [-0.3, -0.25) is 4.79 Å². The largest absolute Gasteiger partial charge is 0.479 e. The van der Waals surface area contributed by atoms with Gasteiger partial charge in [-0.15, -0.1) is 11.3 Å². The lowest BCUT2D eigenvalue weighted by Crippen LogP contribution is -2.37. The molecule has 5 heteroatoms. The zero-order chi connectivity index (χ0) is 12.8. The lowest BCUT2D eigenvalue weighted by atomic mass is 10.0. The summed E-state index contributed by atoms with van der Waals surface area (Å²) in [5, 5.41) is 13.5. The molecule has 1 aromatic heterocycles. The first-order chi connectivity index (χ1) is 8.10. The zero-order valence-corrected chi connectivity index (χ0v) is 10.8. The average molecular weight is 255 g/mol. The first kappa shape index (κ1) is 13.7. The summed E-state index contributed by atoms with van der Waals surface area (Å²) in [6, 6.07) is 2.57. The highest BCUT2D eigenvalue weighted by Gasteiger charge is 2.25. The second kappa shape index (κ2) is 6.39. The van der Waals surface area contributed by atoms with Crippen molar-refractivity contribution in [2.24, 2.45) is 5.92 Å². The van der Waals surface area contributed by atoms with Crippen LogP contribution in [-0.4, -0.2) is 17.0 Å². The number of nitrogens with one attached hydrogen (secondary N) is 1. The predicted octanol–water partition coefficient (Wildman–Crippen LogP) is 2.43. The fourth-order valence-corrected chi connectivity index (χ4v) is 2.40. The number of amides is 1. The number of rotatable bonds is 6. The third kappa shape index (κ3) is 3.56. The summed E-state index contributed by atoms with van der Waals surface area (Å²) in [6.07, 6.45) is 1.44. The molecule has 0 aliphatic carbocycles. The molecule has 1 aromatic rings. The van der Waals surface area contributed by atoms with E-state index >= 15 is 0 Å². The van der Waals surface area contributed by atoms with Gasteiger partial charge in [0.05, 0.1) is 0 Å². The van der Waals surface area contributed by atoms with E-state index in [-0.39, 0.29) is 11.8 Å². The standard InChI is InChI=1S/C12H17NO3S/c1-3-8(4-2)11(14)13-10(12(15)16)9-6-5-7-17-9/h5-8,10H,3-4H2,1-2H3,(H,13,14)(H,15,16). The zero-order valence-electron chi connectivity index (χ0n) is 9.97. The van der Waals surface area contributed by atoms with Crippen LogP contribution in [0.3, 0.4) is 0 Å². The van der Waals surface area contributed by atoms with Gasteiger partial charge in [0.25, 0.3) is 0 Å². The summed E-state index contributed by atoms with van der Waals surface area (Å²) >= 11 is 1.33. The Bertz CT molecular complexity index is 371. The van der Waals surface area contributed by atoms with Crippen LogP contribution in [0.5, 0.6) is 0 Å². The fraction of sp³-hybridized carbons (Fsp3) is 0.500. The van der Waals surface area contributed by atoms with Crippen molar-refractivity contribution in [3.05, 3.63) is 22.4 Å². The lowest BCUT2D eigenvalue weighted by Gasteiger charge is -2.17. The van der Waals surface area contributed by atoms with Gasteiger partial charge < -0.3 is 10.4 Å². The molecule has 94 valence electrons. The van der Waals surface area contributed by atoms with E-state index < -0.39 is 12.0 Å². The van der Waals surface area contributed by atoms with Gasteiger partial charge in [0.2, 0.25) is 5.91 Å². The van der Waals surface area contributed by atoms with Gasteiger partial charge in [0.1, 0.15) is 0 Å². The van der Waals surface area contributed by atoms with Gasteiger partial charge >= 0.3 is 5.97 Å². The second-order valence-electron chi connectivity index (χ2n) is 3.81. The molecule has 1 unspecified atom stereocenters. The molecule has 1 amide bonds. The molecule has 0 aromatic carbocycles. The highest BCUT2D eigenvalue weighted by Crippen LogP contribution is 2.20. The number of carbonyl (C=O) groups is 2. The monoisotopic (exact) mass is 255 g/mol. The molecule has 4 nitrogen and oxygen atoms in total. The molecule has 17 heavy (non-hydrogen) atoms. The first-order valence-electron chi connectivity index (χ1n) is 5.66. The number of aliphatic carboxylic acids is 1. The van der Waals surface area contributed by atoms with E-state index in [0.717, 1.165) is 12.8 Å². The van der Waals surface area contributed by atoms with Crippen molar-refractivity contribution in [1.82, 2.24) is 5.32 Å². The van der Waals surface area contributed by atoms with E-state index in [4.69, 9.17) is 5.11 Å². The Balaban J connectivity index is 2.75. The fourth-order valence-electron chi connectivity index (χ4n) is 1.63. The summed E-state index contributed by atoms with van der Waals surface area (Å²) in [6.45, 7) is 3.85. The maximum atomic E-state index is 11.8. The molecule has 0 saturated heterocycles. The van der Waals surface area contributed by atoms with Crippen molar-refractivity contribution in [2.45, 2.75) is 32.7 Å². The van der Waals surface area contributed by atoms with Gasteiger partial charge in [-0.05, 0) is 24.3 Å². The Morgan fingerprint density at radius 1 is 1.41 bits per heavy atom. The van der Waals surface area contributed by atoms with Crippen molar-refractivity contribution >= 4 is 23.2 Å². The van der Waals surface area contributed by atoms with Crippen LogP contribution in [0.4, 0.5) is 0 Å². The van der Waals surface area contributed by atoms with E-state index in [2.05, 4.69) is 5.32 Å². The Hall–Kier alpha value is -1.36. The first-order valence-corrected chi connectivity index (χ1v) is 6.54. The van der Waals surface area contributed by atoms with Crippen LogP contribution >= 0.6 is 11.3 Å². The van der Waals surface area contributed by atoms with Gasteiger partial charge in [0, 0.05) is 10.8 Å². The summed E-state index contributed by atoms with van der Waals surface area (Å²) < 4.78 is 0. The molecule has 0 saturated carbocycles. The van der Waals surface area contributed by atoms with Crippen LogP contribution in [0, 0.1) is 5.92 Å². The summed E-state index contributed by atoms with van der Waals surface area (Å²) in [7, 11) is 0. The lowest BCUT2D eigenvalue weighted by molar-refractivity contribution is -0.142. The van der Waals surface area contributed by atoms with Crippen LogP contribution in [0.15, 0.2) is 17.5 Å². The van der Waals surface area contributed by atoms with Gasteiger partial charge in [-0.2, -0.15) is 0 Å². The minimum absolute atomic E-state index is 0.114. The smallest absolute Gasteiger partial charge is 0.331 e. The SMILES string of the molecule is CCC(CC)C(=O)NC(C(=O)O)c1cccs1. The Morgan fingerprint density at radius 2 is 2.06 bits per heavy atom. The molecule has 0 aliphatic rings. The van der Waals surface area contributed by atoms with Crippen LogP contribution in [-0.2, 0) is 9.59 Å². The maximum absolute atomic E-state index is 11.8. The molecular weight excluding hydrogens is 238 g/mol. The number of carboxylic acids is 1. The molecular formula is C12H17NO3S. The second-order valence-corrected chi connectivity index (χ2v) is 4.79. The van der Waals surface area contributed by atoms with E-state index in [0.29, 0.717) is 4.88 Å². The van der Waals surface area contributed by atoms with Crippen molar-refractivity contribution in [3.63, 3.8) is 0 Å². The minimum atomic E-state index is -1.02. The van der Waals surface area contributed by atoms with Crippen LogP contribution in [0.1, 0.15) is 37.6 Å². The van der Waals surface area contributed by atoms with E-state index in [9.17, 15) is 9.59 Å². The Labute approximate surface area is 105 Å². The normalized spacial score (nSPS) is 12.4. The maximum Gasteiger partial charge on any atom is 0.331 e. The third-order valence-corrected chi connectivity index (χ3v) is 3.65. The van der Waals surface area contributed by atoms with Crippen LogP contribution in [0.2, 0.25) is 0 Å². The van der Waals surface area contributed by atoms with Crippen LogP contribution in [0.25, 0.3) is 0 Å². The summed E-state index contributed by atoms with van der Waals surface area (Å²) in [5.74, 6) is -1.32. The van der Waals surface area contributed by atoms with Gasteiger partial charge in [-0.1, -0.05) is 19.9 Å². The summed E-state index contributed by atoms with van der Waals surface area (Å²) in [4.78, 5) is 23.6. The Morgan fingerprint density at radius 3 is 2.47 bits per heavy atom. The van der Waals surface area contributed by atoms with Crippen LogP contribution < -0.4 is 5.32 Å². The summed E-state index contributed by atoms with van der Waals surface area (Å²) in [5.41, 5.74) is 0. The number of carboxylic acid groups (broad SMARTS) is 1. The highest BCUT2D eigenvalue weighted by molar-refractivity contribution is 7.10. The molecule has 0 aliphatic heterocycles. The van der Waals surface area contributed by atoms with E-state index in [1.54, 1.807) is 17.5 Å². The van der Waals surface area contributed by atoms with Crippen molar-refractivity contribution in [1.29, 1.82) is 0 Å². The minimum Gasteiger partial charge on any atom is -0.479 e.